The highest BCUT2D eigenvalue weighted by Gasteiger charge is 2.24. The molecule has 0 bridgehead atoms. The van der Waals surface area contributed by atoms with E-state index in [9.17, 15) is 9.59 Å². The maximum atomic E-state index is 12.4. The number of hydrogen-bond acceptors (Lipinski definition) is 7. The monoisotopic (exact) mass is 367 g/mol. The first kappa shape index (κ1) is 16.8. The standard InChI is InChI=1S/C16H17N9O2/c26-15(10-24-11-19-21-22-24)23-5-6-25-13(9-23)7-14(20-25)16(27)18-8-12-3-1-2-4-17-12/h1-4,7,11H,5-6,8-10H2,(H,18,27). The lowest BCUT2D eigenvalue weighted by molar-refractivity contribution is -0.133. The quantitative estimate of drug-likeness (QED) is 0.628. The zero-order valence-electron chi connectivity index (χ0n) is 14.4. The van der Waals surface area contributed by atoms with Gasteiger partial charge in [0, 0.05) is 12.7 Å². The van der Waals surface area contributed by atoms with Crippen LogP contribution in [0.15, 0.2) is 36.8 Å². The zero-order valence-corrected chi connectivity index (χ0v) is 14.4. The molecule has 0 unspecified atom stereocenters. The fourth-order valence-corrected chi connectivity index (χ4v) is 2.85. The van der Waals surface area contributed by atoms with Crippen LogP contribution in [0.4, 0.5) is 0 Å². The van der Waals surface area contributed by atoms with Gasteiger partial charge < -0.3 is 10.2 Å². The first-order valence-electron chi connectivity index (χ1n) is 8.42. The molecule has 0 radical (unpaired) electrons. The minimum atomic E-state index is -0.269. The van der Waals surface area contributed by atoms with Crippen LogP contribution in [0.25, 0.3) is 0 Å². The highest BCUT2D eigenvalue weighted by molar-refractivity contribution is 5.92. The lowest BCUT2D eigenvalue weighted by Crippen LogP contribution is -2.40. The Balaban J connectivity index is 1.38. The minimum Gasteiger partial charge on any atom is -0.345 e. The van der Waals surface area contributed by atoms with Crippen molar-refractivity contribution in [3.63, 3.8) is 0 Å². The van der Waals surface area contributed by atoms with Gasteiger partial charge in [-0.2, -0.15) is 5.10 Å². The van der Waals surface area contributed by atoms with E-state index in [2.05, 4.69) is 30.9 Å². The van der Waals surface area contributed by atoms with E-state index in [1.165, 1.54) is 11.0 Å². The Labute approximate surface area is 154 Å². The number of hydrogen-bond donors (Lipinski definition) is 1. The Bertz CT molecular complexity index is 936. The van der Waals surface area contributed by atoms with Gasteiger partial charge in [-0.05, 0) is 28.6 Å². The smallest absolute Gasteiger partial charge is 0.272 e. The second-order valence-electron chi connectivity index (χ2n) is 6.07. The predicted molar refractivity (Wildman–Crippen MR) is 90.9 cm³/mol. The third-order valence-corrected chi connectivity index (χ3v) is 4.23. The van der Waals surface area contributed by atoms with Gasteiger partial charge in [-0.25, -0.2) is 4.68 Å². The molecule has 0 fully saturated rings. The summed E-state index contributed by atoms with van der Waals surface area (Å²) in [6.45, 7) is 1.85. The summed E-state index contributed by atoms with van der Waals surface area (Å²) in [4.78, 5) is 30.6. The van der Waals surface area contributed by atoms with Crippen LogP contribution in [0, 0.1) is 0 Å². The van der Waals surface area contributed by atoms with Crippen molar-refractivity contribution in [3.05, 3.63) is 53.9 Å². The average molecular weight is 367 g/mol. The van der Waals surface area contributed by atoms with E-state index in [-0.39, 0.29) is 18.4 Å². The van der Waals surface area contributed by atoms with Gasteiger partial charge in [0.2, 0.25) is 5.91 Å². The molecule has 4 heterocycles. The Morgan fingerprint density at radius 2 is 2.15 bits per heavy atom. The van der Waals surface area contributed by atoms with Crippen molar-refractivity contribution >= 4 is 11.8 Å². The van der Waals surface area contributed by atoms with E-state index < -0.39 is 0 Å². The molecular formula is C16H17N9O2. The Morgan fingerprint density at radius 3 is 2.93 bits per heavy atom. The molecule has 3 aromatic heterocycles. The minimum absolute atomic E-state index is 0.0819. The average Bonchev–Trinajstić information content (AvgIpc) is 3.35. The van der Waals surface area contributed by atoms with Crippen molar-refractivity contribution in [2.24, 2.45) is 0 Å². The van der Waals surface area contributed by atoms with Crippen LogP contribution in [0.5, 0.6) is 0 Å². The van der Waals surface area contributed by atoms with E-state index >= 15 is 0 Å². The highest BCUT2D eigenvalue weighted by Crippen LogP contribution is 2.14. The van der Waals surface area contributed by atoms with Gasteiger partial charge in [0.15, 0.2) is 5.69 Å². The van der Waals surface area contributed by atoms with Gasteiger partial charge in [0.25, 0.3) is 5.91 Å². The van der Waals surface area contributed by atoms with E-state index in [0.717, 1.165) is 11.4 Å². The number of nitrogens with zero attached hydrogens (tertiary/aromatic N) is 8. The van der Waals surface area contributed by atoms with Crippen LogP contribution < -0.4 is 5.32 Å². The molecule has 11 heteroatoms. The molecule has 0 saturated carbocycles. The number of amides is 2. The van der Waals surface area contributed by atoms with E-state index in [4.69, 9.17) is 0 Å². The van der Waals surface area contributed by atoms with Crippen LogP contribution in [0.2, 0.25) is 0 Å². The second-order valence-corrected chi connectivity index (χ2v) is 6.07. The first-order chi connectivity index (χ1) is 13.2. The predicted octanol–water partition coefficient (Wildman–Crippen LogP) is -0.763. The lowest BCUT2D eigenvalue weighted by atomic mass is 10.2. The summed E-state index contributed by atoms with van der Waals surface area (Å²) in [6.07, 6.45) is 3.08. The van der Waals surface area contributed by atoms with Crippen LogP contribution in [-0.4, -0.2) is 58.2 Å². The van der Waals surface area contributed by atoms with E-state index in [1.54, 1.807) is 21.8 Å². The molecule has 11 nitrogen and oxygen atoms in total. The molecule has 1 aliphatic rings. The zero-order chi connectivity index (χ0) is 18.6. The van der Waals surface area contributed by atoms with Crippen molar-refractivity contribution in [1.82, 2.24) is 45.2 Å². The van der Waals surface area contributed by atoms with Gasteiger partial charge in [-0.1, -0.05) is 6.07 Å². The molecule has 2 amide bonds. The molecule has 4 rings (SSSR count). The molecule has 0 aromatic carbocycles. The molecule has 0 aliphatic carbocycles. The number of rotatable bonds is 5. The summed E-state index contributed by atoms with van der Waals surface area (Å²) in [7, 11) is 0. The van der Waals surface area contributed by atoms with Crippen molar-refractivity contribution in [1.29, 1.82) is 0 Å². The third-order valence-electron chi connectivity index (χ3n) is 4.23. The Hall–Kier alpha value is -3.63. The molecule has 0 spiro atoms. The first-order valence-corrected chi connectivity index (χ1v) is 8.42. The molecule has 1 N–H and O–H groups in total. The maximum absolute atomic E-state index is 12.4. The number of pyridine rings is 1. The molecule has 0 atom stereocenters. The summed E-state index contributed by atoms with van der Waals surface area (Å²) in [5, 5.41) is 17.9. The summed E-state index contributed by atoms with van der Waals surface area (Å²) in [6, 6.07) is 7.24. The van der Waals surface area contributed by atoms with E-state index in [0.29, 0.717) is 31.9 Å². The summed E-state index contributed by atoms with van der Waals surface area (Å²) >= 11 is 0. The summed E-state index contributed by atoms with van der Waals surface area (Å²) < 4.78 is 3.14. The van der Waals surface area contributed by atoms with Gasteiger partial charge in [-0.15, -0.1) is 5.10 Å². The maximum Gasteiger partial charge on any atom is 0.272 e. The number of aromatic nitrogens is 7. The van der Waals surface area contributed by atoms with Gasteiger partial charge in [-0.3, -0.25) is 19.3 Å². The largest absolute Gasteiger partial charge is 0.345 e. The number of carbonyl (C=O) groups is 2. The molecule has 27 heavy (non-hydrogen) atoms. The topological polar surface area (TPSA) is 124 Å². The number of fused-ring (bicyclic) bond motifs is 1. The summed E-state index contributed by atoms with van der Waals surface area (Å²) in [5.41, 5.74) is 1.92. The summed E-state index contributed by atoms with van der Waals surface area (Å²) in [5.74, 6) is -0.356. The molecular weight excluding hydrogens is 350 g/mol. The number of carbonyl (C=O) groups excluding carboxylic acids is 2. The molecule has 3 aromatic rings. The van der Waals surface area contributed by atoms with Crippen LogP contribution in [0.3, 0.4) is 0 Å². The lowest BCUT2D eigenvalue weighted by Gasteiger charge is -2.27. The number of tetrazole rings is 1. The van der Waals surface area contributed by atoms with Gasteiger partial charge in [0.05, 0.1) is 31.0 Å². The second kappa shape index (κ2) is 7.32. The molecule has 1 aliphatic heterocycles. The van der Waals surface area contributed by atoms with E-state index in [1.807, 2.05) is 18.2 Å². The van der Waals surface area contributed by atoms with Gasteiger partial charge in [0.1, 0.15) is 12.9 Å². The number of nitrogens with one attached hydrogen (secondary N) is 1. The Kier molecular flexibility index (Phi) is 4.56. The Morgan fingerprint density at radius 1 is 1.22 bits per heavy atom. The third kappa shape index (κ3) is 3.81. The molecule has 0 saturated heterocycles. The SMILES string of the molecule is O=C(NCc1ccccn1)c1cc2n(n1)CCN(C(=O)Cn1cnnn1)C2. The fraction of sp³-hybridized carbons (Fsp3) is 0.312. The van der Waals surface area contributed by atoms with Gasteiger partial charge >= 0.3 is 0 Å². The van der Waals surface area contributed by atoms with Crippen molar-refractivity contribution in [2.75, 3.05) is 6.54 Å². The van der Waals surface area contributed by atoms with Crippen molar-refractivity contribution < 1.29 is 9.59 Å². The van der Waals surface area contributed by atoms with Crippen molar-refractivity contribution in [2.45, 2.75) is 26.2 Å². The highest BCUT2D eigenvalue weighted by atomic mass is 16.2. The fourth-order valence-electron chi connectivity index (χ4n) is 2.85. The van der Waals surface area contributed by atoms with Crippen molar-refractivity contribution in [3.8, 4) is 0 Å². The molecule has 138 valence electrons. The van der Waals surface area contributed by atoms with Crippen LogP contribution in [0.1, 0.15) is 21.9 Å². The normalized spacial score (nSPS) is 13.3. The van der Waals surface area contributed by atoms with Crippen LogP contribution >= 0.6 is 0 Å². The van der Waals surface area contributed by atoms with Crippen LogP contribution in [-0.2, 0) is 31.0 Å².